The normalized spacial score (nSPS) is 17.5. The zero-order valence-corrected chi connectivity index (χ0v) is 30.7. The van der Waals surface area contributed by atoms with Gasteiger partial charge in [-0.05, 0) is 86.4 Å². The summed E-state index contributed by atoms with van der Waals surface area (Å²) in [5.41, 5.74) is 9.14. The fourth-order valence-corrected chi connectivity index (χ4v) is 8.52. The summed E-state index contributed by atoms with van der Waals surface area (Å²) in [5.74, 6) is 0.460. The van der Waals surface area contributed by atoms with Crippen LogP contribution in [0.3, 0.4) is 0 Å². The first-order chi connectivity index (χ1) is 26.8. The van der Waals surface area contributed by atoms with Gasteiger partial charge in [-0.3, -0.25) is 34.2 Å². The molecule has 55 heavy (non-hydrogen) atoms. The zero-order valence-electron chi connectivity index (χ0n) is 29.8. The van der Waals surface area contributed by atoms with Crippen LogP contribution in [0.2, 0.25) is 0 Å². The summed E-state index contributed by atoms with van der Waals surface area (Å²) >= 11 is 1.46. The minimum absolute atomic E-state index is 0.0276. The molecule has 280 valence electrons. The van der Waals surface area contributed by atoms with Gasteiger partial charge in [0.25, 0.3) is 11.8 Å². The van der Waals surface area contributed by atoms with E-state index in [2.05, 4.69) is 15.3 Å². The lowest BCUT2D eigenvalue weighted by atomic mass is 10.0. The van der Waals surface area contributed by atoms with Crippen molar-refractivity contribution in [2.75, 3.05) is 24.6 Å². The molecule has 2 aromatic heterocycles. The number of hydrogen-bond donors (Lipinski definition) is 2. The van der Waals surface area contributed by atoms with E-state index < -0.39 is 29.7 Å². The highest BCUT2D eigenvalue weighted by molar-refractivity contribution is 7.99. The largest absolute Gasteiger partial charge is 0.457 e. The Morgan fingerprint density at radius 3 is 2.40 bits per heavy atom. The van der Waals surface area contributed by atoms with Gasteiger partial charge in [-0.15, -0.1) is 11.8 Å². The molecule has 3 aromatic carbocycles. The molecule has 2 fully saturated rings. The van der Waals surface area contributed by atoms with E-state index in [0.717, 1.165) is 22.6 Å². The van der Waals surface area contributed by atoms with Crippen LogP contribution < -0.4 is 15.8 Å². The van der Waals surface area contributed by atoms with Gasteiger partial charge in [0.15, 0.2) is 5.65 Å². The second-order valence-electron chi connectivity index (χ2n) is 13.7. The van der Waals surface area contributed by atoms with Crippen LogP contribution in [0.25, 0.3) is 22.3 Å². The highest BCUT2D eigenvalue weighted by Crippen LogP contribution is 2.37. The number of piperidine rings is 2. The number of likely N-dealkylation sites (tertiary alicyclic amines) is 1. The van der Waals surface area contributed by atoms with Gasteiger partial charge in [0.1, 0.15) is 35.4 Å². The smallest absolute Gasteiger partial charge is 0.263 e. The number of rotatable bonds is 11. The van der Waals surface area contributed by atoms with Crippen molar-refractivity contribution in [3.05, 3.63) is 90.3 Å². The van der Waals surface area contributed by atoms with E-state index in [1.165, 1.54) is 18.1 Å². The third-order valence-electron chi connectivity index (χ3n) is 10.3. The van der Waals surface area contributed by atoms with Crippen molar-refractivity contribution < 1.29 is 28.7 Å². The highest BCUT2D eigenvalue weighted by atomic mass is 32.2. The van der Waals surface area contributed by atoms with Gasteiger partial charge in [0.05, 0.1) is 22.6 Å². The zero-order chi connectivity index (χ0) is 38.1. The number of unbranched alkanes of at least 4 members (excludes halogenated alkanes) is 1. The molecule has 5 amide bonds. The molecule has 0 aliphatic carbocycles. The minimum Gasteiger partial charge on any atom is -0.457 e. The van der Waals surface area contributed by atoms with Gasteiger partial charge in [0, 0.05) is 36.4 Å². The lowest BCUT2D eigenvalue weighted by Gasteiger charge is -2.32. The summed E-state index contributed by atoms with van der Waals surface area (Å²) in [4.78, 5) is 76.2. The van der Waals surface area contributed by atoms with E-state index in [4.69, 9.17) is 15.6 Å². The number of carbonyl (C=O) groups is 5. The molecule has 3 aliphatic rings. The number of benzene rings is 3. The summed E-state index contributed by atoms with van der Waals surface area (Å²) in [5, 5.41) is 7.92. The summed E-state index contributed by atoms with van der Waals surface area (Å²) in [6, 6.07) is 21.4. The molecular weight excluding hydrogens is 721 g/mol. The molecule has 3 N–H and O–H groups in total. The number of nitrogens with two attached hydrogens (primary N) is 1. The SMILES string of the molecule is Nc1ncnc2c1c(-c1ccc(Oc3ccccc3)cc1)nn2C1CCN(C(=O)CCCCSc2cccc3c2C(=O)N(C2CCC(=O)NC2=O)C3=O)CC1. The minimum atomic E-state index is -1.01. The second-order valence-corrected chi connectivity index (χ2v) is 14.9. The molecule has 0 saturated carbocycles. The molecule has 0 radical (unpaired) electrons. The molecule has 8 rings (SSSR count). The molecule has 2 saturated heterocycles. The number of nitrogen functional groups attached to an aromatic ring is 1. The number of aromatic nitrogens is 4. The molecule has 1 unspecified atom stereocenters. The van der Waals surface area contributed by atoms with E-state index in [9.17, 15) is 24.0 Å². The second kappa shape index (κ2) is 15.3. The van der Waals surface area contributed by atoms with Gasteiger partial charge in [-0.1, -0.05) is 24.3 Å². The first kappa shape index (κ1) is 35.9. The van der Waals surface area contributed by atoms with Crippen LogP contribution in [0, 0.1) is 0 Å². The summed E-state index contributed by atoms with van der Waals surface area (Å²) in [7, 11) is 0. The Labute approximate surface area is 320 Å². The molecule has 15 heteroatoms. The maximum atomic E-state index is 13.4. The topological polar surface area (TPSA) is 183 Å². The molecule has 1 atom stereocenters. The number of fused-ring (bicyclic) bond motifs is 2. The number of nitrogens with one attached hydrogen (secondary N) is 1. The molecule has 3 aliphatic heterocycles. The average Bonchev–Trinajstić information content (AvgIpc) is 3.71. The Morgan fingerprint density at radius 2 is 1.64 bits per heavy atom. The van der Waals surface area contributed by atoms with Crippen LogP contribution in [-0.4, -0.2) is 84.0 Å². The van der Waals surface area contributed by atoms with Gasteiger partial charge >= 0.3 is 0 Å². The van der Waals surface area contributed by atoms with Gasteiger partial charge in [0.2, 0.25) is 17.7 Å². The maximum Gasteiger partial charge on any atom is 0.263 e. The van der Waals surface area contributed by atoms with Crippen molar-refractivity contribution in [2.24, 2.45) is 0 Å². The van der Waals surface area contributed by atoms with Gasteiger partial charge in [-0.2, -0.15) is 5.10 Å². The van der Waals surface area contributed by atoms with Crippen molar-refractivity contribution in [2.45, 2.75) is 61.9 Å². The number of carbonyl (C=O) groups excluding carboxylic acids is 5. The van der Waals surface area contributed by atoms with Crippen LogP contribution in [0.1, 0.15) is 71.7 Å². The van der Waals surface area contributed by atoms with Gasteiger partial charge in [-0.25, -0.2) is 14.6 Å². The number of para-hydroxylation sites is 1. The Kier molecular flexibility index (Phi) is 10.0. The number of hydrogen-bond acceptors (Lipinski definition) is 11. The third-order valence-corrected chi connectivity index (χ3v) is 11.4. The maximum absolute atomic E-state index is 13.4. The predicted molar refractivity (Wildman–Crippen MR) is 204 cm³/mol. The number of anilines is 1. The Morgan fingerprint density at radius 1 is 0.873 bits per heavy atom. The van der Waals surface area contributed by atoms with E-state index >= 15 is 0 Å². The first-order valence-corrected chi connectivity index (χ1v) is 19.3. The van der Waals surface area contributed by atoms with Crippen molar-refractivity contribution >= 4 is 58.1 Å². The highest BCUT2D eigenvalue weighted by Gasteiger charge is 2.45. The van der Waals surface area contributed by atoms with E-state index in [1.807, 2.05) is 64.2 Å². The molecule has 5 aromatic rings. The molecular formula is C40H38N8O6S. The summed E-state index contributed by atoms with van der Waals surface area (Å²) in [6.07, 6.45) is 4.87. The molecule has 14 nitrogen and oxygen atoms in total. The standard InChI is InChI=1S/C40H38N8O6S/c41-36-34-35(24-12-14-27(15-13-24)54-26-7-2-1-3-8-26)45-48(37(34)43-23-42-36)25-18-20-46(21-19-25)32(50)11-4-5-22-55-30-10-6-9-28-33(30)40(53)47(39(28)52)29-16-17-31(49)44-38(29)51/h1-3,6-10,12-15,23,25,29H,4-5,11,16-22H2,(H2,41,42,43)(H,44,49,51). The Hall–Kier alpha value is -6.09. The number of thioether (sulfide) groups is 1. The number of amides is 5. The van der Waals surface area contributed by atoms with E-state index in [0.29, 0.717) is 83.3 Å². The molecule has 0 spiro atoms. The van der Waals surface area contributed by atoms with Crippen molar-refractivity contribution in [1.82, 2.24) is 34.9 Å². The van der Waals surface area contributed by atoms with Crippen LogP contribution in [0.4, 0.5) is 5.82 Å². The molecule has 5 heterocycles. The summed E-state index contributed by atoms with van der Waals surface area (Å²) < 4.78 is 7.89. The van der Waals surface area contributed by atoms with Crippen molar-refractivity contribution in [1.29, 1.82) is 0 Å². The van der Waals surface area contributed by atoms with Gasteiger partial charge < -0.3 is 15.4 Å². The predicted octanol–water partition coefficient (Wildman–Crippen LogP) is 5.40. The van der Waals surface area contributed by atoms with Crippen LogP contribution in [0.15, 0.2) is 84.0 Å². The van der Waals surface area contributed by atoms with Crippen molar-refractivity contribution in [3.8, 4) is 22.8 Å². The number of imide groups is 2. The summed E-state index contributed by atoms with van der Waals surface area (Å²) in [6.45, 7) is 1.19. The van der Waals surface area contributed by atoms with Crippen LogP contribution in [0.5, 0.6) is 11.5 Å². The lowest BCUT2D eigenvalue weighted by molar-refractivity contribution is -0.136. The van der Waals surface area contributed by atoms with Crippen molar-refractivity contribution in [3.63, 3.8) is 0 Å². The monoisotopic (exact) mass is 758 g/mol. The Balaban J connectivity index is 0.844. The van der Waals surface area contributed by atoms with E-state index in [1.54, 1.807) is 18.2 Å². The Bertz CT molecular complexity index is 2310. The number of ether oxygens (including phenoxy) is 1. The fourth-order valence-electron chi connectivity index (χ4n) is 7.44. The van der Waals surface area contributed by atoms with Crippen LogP contribution in [-0.2, 0) is 14.4 Å². The fraction of sp³-hybridized carbons (Fsp3) is 0.300. The van der Waals surface area contributed by atoms with E-state index in [-0.39, 0.29) is 30.4 Å². The lowest BCUT2D eigenvalue weighted by Crippen LogP contribution is -2.54. The average molecular weight is 759 g/mol. The van der Waals surface area contributed by atoms with Crippen LogP contribution >= 0.6 is 11.8 Å². The quantitative estimate of drug-likeness (QED) is 0.100. The third kappa shape index (κ3) is 7.14. The first-order valence-electron chi connectivity index (χ1n) is 18.3. The molecule has 0 bridgehead atoms. The number of nitrogens with zero attached hydrogens (tertiary/aromatic N) is 6.